The molecule has 0 unspecified atom stereocenters. The molecular formula is C18H26FN5O. The van der Waals surface area contributed by atoms with Crippen LogP contribution in [0.2, 0.25) is 0 Å². The number of rotatable bonds is 5. The number of nitrogens with zero attached hydrogens (tertiary/aromatic N) is 3. The monoisotopic (exact) mass is 347 g/mol. The second kappa shape index (κ2) is 8.18. The lowest BCUT2D eigenvalue weighted by Gasteiger charge is -2.37. The SMILES string of the molecule is CN=C(NCCNC(=O)C1CC1)N1CCN(c2ccc(F)cc2)CC1. The van der Waals surface area contributed by atoms with Gasteiger partial charge in [0.05, 0.1) is 0 Å². The Labute approximate surface area is 148 Å². The van der Waals surface area contributed by atoms with Gasteiger partial charge in [-0.15, -0.1) is 0 Å². The van der Waals surface area contributed by atoms with Crippen LogP contribution in [-0.4, -0.2) is 63.1 Å². The quantitative estimate of drug-likeness (QED) is 0.475. The molecule has 1 saturated carbocycles. The Balaban J connectivity index is 1.40. The predicted octanol–water partition coefficient (Wildman–Crippen LogP) is 1.05. The maximum atomic E-state index is 13.0. The van der Waals surface area contributed by atoms with Crippen molar-refractivity contribution < 1.29 is 9.18 Å². The second-order valence-corrected chi connectivity index (χ2v) is 6.49. The van der Waals surface area contributed by atoms with E-state index in [-0.39, 0.29) is 17.6 Å². The number of hydrogen-bond acceptors (Lipinski definition) is 3. The Bertz CT molecular complexity index is 606. The van der Waals surface area contributed by atoms with Gasteiger partial charge < -0.3 is 20.4 Å². The fourth-order valence-corrected chi connectivity index (χ4v) is 3.01. The summed E-state index contributed by atoms with van der Waals surface area (Å²) in [6.45, 7) is 4.72. The largest absolute Gasteiger partial charge is 0.368 e. The number of carbonyl (C=O) groups is 1. The summed E-state index contributed by atoms with van der Waals surface area (Å²) in [5.74, 6) is 1.07. The maximum Gasteiger partial charge on any atom is 0.223 e. The molecule has 0 spiro atoms. The van der Waals surface area contributed by atoms with Crippen LogP contribution in [0.5, 0.6) is 0 Å². The van der Waals surface area contributed by atoms with E-state index in [2.05, 4.69) is 25.4 Å². The minimum absolute atomic E-state index is 0.171. The van der Waals surface area contributed by atoms with Gasteiger partial charge in [0, 0.05) is 57.9 Å². The Morgan fingerprint density at radius 1 is 1.12 bits per heavy atom. The third kappa shape index (κ3) is 4.84. The van der Waals surface area contributed by atoms with Gasteiger partial charge in [-0.05, 0) is 37.1 Å². The number of anilines is 1. The van der Waals surface area contributed by atoms with Crippen molar-refractivity contribution in [2.45, 2.75) is 12.8 Å². The number of amides is 1. The van der Waals surface area contributed by atoms with Gasteiger partial charge in [-0.2, -0.15) is 0 Å². The molecule has 1 aromatic rings. The van der Waals surface area contributed by atoms with Gasteiger partial charge in [-0.1, -0.05) is 0 Å². The van der Waals surface area contributed by atoms with E-state index >= 15 is 0 Å². The molecule has 0 aromatic heterocycles. The number of benzene rings is 1. The molecule has 0 bridgehead atoms. The number of guanidine groups is 1. The van der Waals surface area contributed by atoms with Crippen molar-refractivity contribution in [1.82, 2.24) is 15.5 Å². The predicted molar refractivity (Wildman–Crippen MR) is 97.3 cm³/mol. The van der Waals surface area contributed by atoms with Crippen LogP contribution in [-0.2, 0) is 4.79 Å². The van der Waals surface area contributed by atoms with Crippen LogP contribution in [0.3, 0.4) is 0 Å². The molecule has 1 aliphatic heterocycles. The third-order valence-corrected chi connectivity index (χ3v) is 4.64. The van der Waals surface area contributed by atoms with E-state index in [1.54, 1.807) is 7.05 Å². The van der Waals surface area contributed by atoms with E-state index in [1.165, 1.54) is 12.1 Å². The number of aliphatic imine (C=N–C) groups is 1. The highest BCUT2D eigenvalue weighted by atomic mass is 19.1. The van der Waals surface area contributed by atoms with Crippen molar-refractivity contribution in [2.24, 2.45) is 10.9 Å². The average molecular weight is 347 g/mol. The lowest BCUT2D eigenvalue weighted by atomic mass is 10.2. The van der Waals surface area contributed by atoms with Crippen LogP contribution in [0.4, 0.5) is 10.1 Å². The summed E-state index contributed by atoms with van der Waals surface area (Å²) in [5.41, 5.74) is 1.05. The van der Waals surface area contributed by atoms with Crippen LogP contribution in [0.25, 0.3) is 0 Å². The van der Waals surface area contributed by atoms with Crippen molar-refractivity contribution >= 4 is 17.6 Å². The van der Waals surface area contributed by atoms with E-state index in [9.17, 15) is 9.18 Å². The van der Waals surface area contributed by atoms with E-state index in [0.717, 1.165) is 50.7 Å². The summed E-state index contributed by atoms with van der Waals surface area (Å²) in [6.07, 6.45) is 2.05. The van der Waals surface area contributed by atoms with Crippen LogP contribution in [0.15, 0.2) is 29.3 Å². The minimum atomic E-state index is -0.208. The van der Waals surface area contributed by atoms with Crippen molar-refractivity contribution in [3.8, 4) is 0 Å². The number of piperazine rings is 1. The lowest BCUT2D eigenvalue weighted by Crippen LogP contribution is -2.53. The normalized spacial score (nSPS) is 18.2. The second-order valence-electron chi connectivity index (χ2n) is 6.49. The third-order valence-electron chi connectivity index (χ3n) is 4.64. The molecule has 7 heteroatoms. The molecule has 6 nitrogen and oxygen atoms in total. The van der Waals surface area contributed by atoms with Crippen molar-refractivity contribution in [3.05, 3.63) is 30.1 Å². The molecule has 1 saturated heterocycles. The number of nitrogens with one attached hydrogen (secondary N) is 2. The summed E-state index contributed by atoms with van der Waals surface area (Å²) in [4.78, 5) is 20.4. The molecule has 2 aliphatic rings. The van der Waals surface area contributed by atoms with Crippen molar-refractivity contribution in [2.75, 3.05) is 51.2 Å². The molecule has 3 rings (SSSR count). The van der Waals surface area contributed by atoms with E-state index in [1.807, 2.05) is 12.1 Å². The minimum Gasteiger partial charge on any atom is -0.368 e. The van der Waals surface area contributed by atoms with E-state index < -0.39 is 0 Å². The average Bonchev–Trinajstić information content (AvgIpc) is 3.48. The molecule has 1 heterocycles. The number of carbonyl (C=O) groups excluding carboxylic acids is 1. The molecule has 1 amide bonds. The van der Waals surface area contributed by atoms with E-state index in [4.69, 9.17) is 0 Å². The van der Waals surface area contributed by atoms with Crippen molar-refractivity contribution in [3.63, 3.8) is 0 Å². The zero-order chi connectivity index (χ0) is 17.6. The Kier molecular flexibility index (Phi) is 5.73. The summed E-state index contributed by atoms with van der Waals surface area (Å²) in [5, 5.41) is 6.26. The molecule has 2 fully saturated rings. The van der Waals surface area contributed by atoms with Crippen molar-refractivity contribution in [1.29, 1.82) is 0 Å². The fraction of sp³-hybridized carbons (Fsp3) is 0.556. The van der Waals surface area contributed by atoms with Gasteiger partial charge in [-0.25, -0.2) is 4.39 Å². The zero-order valence-corrected chi connectivity index (χ0v) is 14.7. The zero-order valence-electron chi connectivity index (χ0n) is 14.7. The van der Waals surface area contributed by atoms with Crippen LogP contribution in [0, 0.1) is 11.7 Å². The van der Waals surface area contributed by atoms with E-state index in [0.29, 0.717) is 13.1 Å². The molecule has 1 aliphatic carbocycles. The summed E-state index contributed by atoms with van der Waals surface area (Å²) in [6, 6.07) is 6.64. The smallest absolute Gasteiger partial charge is 0.223 e. The number of hydrogen-bond donors (Lipinski definition) is 2. The van der Waals surface area contributed by atoms with Gasteiger partial charge in [-0.3, -0.25) is 9.79 Å². The van der Waals surface area contributed by atoms with Gasteiger partial charge in [0.15, 0.2) is 5.96 Å². The molecule has 0 radical (unpaired) electrons. The first-order valence-corrected chi connectivity index (χ1v) is 8.91. The fourth-order valence-electron chi connectivity index (χ4n) is 3.01. The van der Waals surface area contributed by atoms with Crippen LogP contribution < -0.4 is 15.5 Å². The Morgan fingerprint density at radius 2 is 1.76 bits per heavy atom. The molecule has 136 valence electrons. The molecule has 25 heavy (non-hydrogen) atoms. The molecule has 0 atom stereocenters. The molecule has 1 aromatic carbocycles. The standard InChI is InChI=1S/C18H26FN5O/c1-20-18(22-9-8-21-17(25)14-2-3-14)24-12-10-23(11-13-24)16-6-4-15(19)5-7-16/h4-7,14H,2-3,8-13H2,1H3,(H,20,22)(H,21,25). The summed E-state index contributed by atoms with van der Waals surface area (Å²) < 4.78 is 13.0. The lowest BCUT2D eigenvalue weighted by molar-refractivity contribution is -0.122. The van der Waals surface area contributed by atoms with Gasteiger partial charge in [0.25, 0.3) is 0 Å². The Hall–Kier alpha value is -2.31. The topological polar surface area (TPSA) is 60.0 Å². The van der Waals surface area contributed by atoms with Crippen LogP contribution >= 0.6 is 0 Å². The highest BCUT2D eigenvalue weighted by molar-refractivity contribution is 5.81. The Morgan fingerprint density at radius 3 is 2.36 bits per heavy atom. The highest BCUT2D eigenvalue weighted by Gasteiger charge is 2.29. The van der Waals surface area contributed by atoms with Gasteiger partial charge >= 0.3 is 0 Å². The molecule has 2 N–H and O–H groups in total. The summed E-state index contributed by atoms with van der Waals surface area (Å²) >= 11 is 0. The maximum absolute atomic E-state index is 13.0. The first kappa shape index (κ1) is 17.5. The number of halogens is 1. The van der Waals surface area contributed by atoms with Crippen LogP contribution in [0.1, 0.15) is 12.8 Å². The highest BCUT2D eigenvalue weighted by Crippen LogP contribution is 2.28. The first-order valence-electron chi connectivity index (χ1n) is 8.91. The first-order chi connectivity index (χ1) is 12.2. The van der Waals surface area contributed by atoms with Gasteiger partial charge in [0.2, 0.25) is 5.91 Å². The molecular weight excluding hydrogens is 321 g/mol. The van der Waals surface area contributed by atoms with Gasteiger partial charge in [0.1, 0.15) is 5.82 Å². The summed E-state index contributed by atoms with van der Waals surface area (Å²) in [7, 11) is 1.78.